The maximum Gasteiger partial charge on any atom is 0.416 e. The lowest BCUT2D eigenvalue weighted by molar-refractivity contribution is -0.137. The summed E-state index contributed by atoms with van der Waals surface area (Å²) in [6.07, 6.45) is 2.15. The molecule has 0 radical (unpaired) electrons. The Balaban J connectivity index is 1.20. The van der Waals surface area contributed by atoms with Crippen molar-refractivity contribution < 1.29 is 27.4 Å². The van der Waals surface area contributed by atoms with Crippen molar-refractivity contribution in [2.45, 2.75) is 63.2 Å². The molecule has 1 aliphatic carbocycles. The average Bonchev–Trinajstić information content (AvgIpc) is 3.76. The molecule has 5 aromatic carbocycles. The summed E-state index contributed by atoms with van der Waals surface area (Å²) in [5.74, 6) is 1.43. The number of anilines is 3. The van der Waals surface area contributed by atoms with Crippen molar-refractivity contribution in [1.82, 2.24) is 0 Å². The van der Waals surface area contributed by atoms with Crippen LogP contribution in [-0.2, 0) is 12.7 Å². The second-order valence-corrected chi connectivity index (χ2v) is 14.2. The first-order chi connectivity index (χ1) is 26.2. The van der Waals surface area contributed by atoms with Crippen molar-refractivity contribution in [1.29, 1.82) is 0 Å². The lowest BCUT2D eigenvalue weighted by Gasteiger charge is -2.34. The highest BCUT2D eigenvalue weighted by Gasteiger charge is 2.31. The summed E-state index contributed by atoms with van der Waals surface area (Å²) in [5, 5.41) is 3.65. The van der Waals surface area contributed by atoms with E-state index in [1.807, 2.05) is 30.3 Å². The number of methoxy groups -OCH3 is 2. The molecule has 0 atom stereocenters. The maximum absolute atomic E-state index is 14.9. The normalized spacial score (nSPS) is 15.2. The third-order valence-electron chi connectivity index (χ3n) is 10.9. The number of benzene rings is 5. The number of hydrogen-bond donors (Lipinski definition) is 1. The molecular formula is C45H46F3N3O3. The van der Waals surface area contributed by atoms with Crippen molar-refractivity contribution in [3.8, 4) is 22.6 Å². The number of piperidine rings is 1. The van der Waals surface area contributed by atoms with Gasteiger partial charge in [-0.3, -0.25) is 4.79 Å². The predicted molar refractivity (Wildman–Crippen MR) is 210 cm³/mol. The van der Waals surface area contributed by atoms with Crippen LogP contribution in [0.1, 0.15) is 71.5 Å². The number of carbonyl (C=O) groups excluding carboxylic acids is 1. The van der Waals surface area contributed by atoms with E-state index in [1.54, 1.807) is 43.4 Å². The van der Waals surface area contributed by atoms with E-state index in [4.69, 9.17) is 9.47 Å². The molecule has 6 nitrogen and oxygen atoms in total. The van der Waals surface area contributed by atoms with Crippen LogP contribution >= 0.6 is 0 Å². The van der Waals surface area contributed by atoms with E-state index in [1.165, 1.54) is 30.5 Å². The minimum atomic E-state index is -4.46. The molecule has 0 spiro atoms. The monoisotopic (exact) mass is 733 g/mol. The Morgan fingerprint density at radius 1 is 0.778 bits per heavy atom. The van der Waals surface area contributed by atoms with Gasteiger partial charge in [-0.1, -0.05) is 61.4 Å². The van der Waals surface area contributed by atoms with Crippen LogP contribution in [0.15, 0.2) is 115 Å². The minimum Gasteiger partial charge on any atom is -0.496 e. The quantitative estimate of drug-likeness (QED) is 0.146. The van der Waals surface area contributed by atoms with Gasteiger partial charge in [0.1, 0.15) is 11.5 Å². The molecule has 7 rings (SSSR count). The van der Waals surface area contributed by atoms with Crippen LogP contribution in [0.2, 0.25) is 0 Å². The van der Waals surface area contributed by atoms with Gasteiger partial charge in [0, 0.05) is 41.8 Å². The number of carbonyl (C=O) groups is 1. The summed E-state index contributed by atoms with van der Waals surface area (Å²) >= 11 is 0. The number of nitrogens with zero attached hydrogens (tertiary/aromatic N) is 2. The largest absolute Gasteiger partial charge is 0.496 e. The predicted octanol–water partition coefficient (Wildman–Crippen LogP) is 11.0. The highest BCUT2D eigenvalue weighted by Crippen LogP contribution is 2.41. The van der Waals surface area contributed by atoms with Crippen molar-refractivity contribution in [3.63, 3.8) is 0 Å². The van der Waals surface area contributed by atoms with E-state index in [0.717, 1.165) is 67.8 Å². The van der Waals surface area contributed by atoms with Crippen LogP contribution in [0.4, 0.5) is 30.2 Å². The molecule has 1 heterocycles. The van der Waals surface area contributed by atoms with E-state index < -0.39 is 11.7 Å². The van der Waals surface area contributed by atoms with Crippen LogP contribution in [0.5, 0.6) is 11.5 Å². The molecule has 0 unspecified atom stereocenters. The van der Waals surface area contributed by atoms with Gasteiger partial charge in [-0.2, -0.15) is 13.2 Å². The molecule has 0 aromatic heterocycles. The zero-order chi connectivity index (χ0) is 37.7. The second kappa shape index (κ2) is 16.3. The van der Waals surface area contributed by atoms with Crippen LogP contribution in [0, 0.1) is 0 Å². The molecule has 1 aliphatic heterocycles. The standard InChI is InChI=1S/C45H46F3N3O3/c1-53-42-28-33(31-10-6-7-11-31)29-43(54-2)41(42)30-51(44(52)40-15-9-8-14-39(40)32-16-18-34(19-17-32)45(46,47)48)38-22-20-37(21-23-38)50-26-24-36(25-27-50)49-35-12-4-3-5-13-35/h3-5,8-9,12-23,28-29,31,36,49H,6-7,10-11,24-27,30H2,1-2H3. The number of halogens is 3. The molecule has 2 fully saturated rings. The molecular weight excluding hydrogens is 688 g/mol. The van der Waals surface area contributed by atoms with Gasteiger partial charge in [0.15, 0.2) is 0 Å². The summed E-state index contributed by atoms with van der Waals surface area (Å²) in [6.45, 7) is 1.94. The van der Waals surface area contributed by atoms with Gasteiger partial charge < -0.3 is 24.6 Å². The fraction of sp³-hybridized carbons (Fsp3) is 0.311. The van der Waals surface area contributed by atoms with Crippen molar-refractivity contribution in [3.05, 3.63) is 138 Å². The van der Waals surface area contributed by atoms with Gasteiger partial charge in [0.2, 0.25) is 0 Å². The molecule has 1 N–H and O–H groups in total. The first kappa shape index (κ1) is 36.9. The van der Waals surface area contributed by atoms with Gasteiger partial charge in [0.05, 0.1) is 31.9 Å². The van der Waals surface area contributed by atoms with E-state index in [2.05, 4.69) is 46.6 Å². The zero-order valence-corrected chi connectivity index (χ0v) is 30.7. The number of hydrogen-bond acceptors (Lipinski definition) is 5. The summed E-state index contributed by atoms with van der Waals surface area (Å²) < 4.78 is 52.2. The van der Waals surface area contributed by atoms with Gasteiger partial charge in [-0.25, -0.2) is 0 Å². The Hall–Kier alpha value is -5.44. The van der Waals surface area contributed by atoms with E-state index in [0.29, 0.717) is 45.8 Å². The van der Waals surface area contributed by atoms with Gasteiger partial charge in [-0.15, -0.1) is 0 Å². The van der Waals surface area contributed by atoms with Crippen molar-refractivity contribution >= 4 is 23.0 Å². The van der Waals surface area contributed by atoms with Crippen LogP contribution in [0.25, 0.3) is 11.1 Å². The molecule has 2 aliphatic rings. The maximum atomic E-state index is 14.9. The Morgan fingerprint density at radius 2 is 1.39 bits per heavy atom. The lowest BCUT2D eigenvalue weighted by atomic mass is 9.94. The highest BCUT2D eigenvalue weighted by molar-refractivity contribution is 6.10. The number of para-hydroxylation sites is 1. The van der Waals surface area contributed by atoms with Crippen LogP contribution in [0.3, 0.4) is 0 Å². The Bertz CT molecular complexity index is 2000. The van der Waals surface area contributed by atoms with E-state index in [9.17, 15) is 18.0 Å². The Morgan fingerprint density at radius 3 is 2.00 bits per heavy atom. The molecule has 54 heavy (non-hydrogen) atoms. The summed E-state index contributed by atoms with van der Waals surface area (Å²) in [7, 11) is 3.27. The van der Waals surface area contributed by atoms with Crippen LogP contribution in [-0.4, -0.2) is 39.3 Å². The summed E-state index contributed by atoms with van der Waals surface area (Å²) in [4.78, 5) is 18.9. The number of ether oxygens (including phenoxy) is 2. The first-order valence-corrected chi connectivity index (χ1v) is 18.7. The minimum absolute atomic E-state index is 0.146. The van der Waals surface area contributed by atoms with Gasteiger partial charge in [0.25, 0.3) is 5.91 Å². The molecule has 280 valence electrons. The van der Waals surface area contributed by atoms with Gasteiger partial charge >= 0.3 is 6.18 Å². The number of alkyl halides is 3. The molecule has 1 amide bonds. The fourth-order valence-electron chi connectivity index (χ4n) is 7.89. The fourth-order valence-corrected chi connectivity index (χ4v) is 7.89. The Kier molecular flexibility index (Phi) is 11.1. The summed E-state index contributed by atoms with van der Waals surface area (Å²) in [6, 6.07) is 34.9. The number of rotatable bonds is 11. The summed E-state index contributed by atoms with van der Waals surface area (Å²) in [5.41, 5.74) is 5.47. The average molecular weight is 734 g/mol. The van der Waals surface area contributed by atoms with E-state index in [-0.39, 0.29) is 12.5 Å². The Labute approximate surface area is 315 Å². The molecule has 1 saturated carbocycles. The third-order valence-corrected chi connectivity index (χ3v) is 10.9. The molecule has 0 bridgehead atoms. The SMILES string of the molecule is COc1cc(C2CCCC2)cc(OC)c1CN(C(=O)c1ccccc1-c1ccc(C(F)(F)F)cc1)c1ccc(N2CCC(Nc3ccccc3)CC2)cc1. The topological polar surface area (TPSA) is 54.0 Å². The smallest absolute Gasteiger partial charge is 0.416 e. The number of nitrogens with one attached hydrogen (secondary N) is 1. The molecule has 5 aromatic rings. The molecule has 1 saturated heterocycles. The van der Waals surface area contributed by atoms with Crippen molar-refractivity contribution in [2.75, 3.05) is 42.4 Å². The zero-order valence-electron chi connectivity index (χ0n) is 30.7. The van der Waals surface area contributed by atoms with Gasteiger partial charge in [-0.05, 0) is 115 Å². The van der Waals surface area contributed by atoms with Crippen LogP contribution < -0.4 is 24.6 Å². The highest BCUT2D eigenvalue weighted by atomic mass is 19.4. The lowest BCUT2D eigenvalue weighted by Crippen LogP contribution is -2.39. The third kappa shape index (κ3) is 8.20. The molecule has 9 heteroatoms. The van der Waals surface area contributed by atoms with Crippen molar-refractivity contribution in [2.24, 2.45) is 0 Å². The number of amides is 1. The first-order valence-electron chi connectivity index (χ1n) is 18.7. The second-order valence-electron chi connectivity index (χ2n) is 14.2. The van der Waals surface area contributed by atoms with E-state index >= 15 is 0 Å².